The number of likely N-dealkylation sites (N-methyl/N-ethyl adjacent to an activating group) is 1. The molecule has 0 aliphatic carbocycles. The third-order valence-electron chi connectivity index (χ3n) is 2.75. The molecule has 0 saturated heterocycles. The van der Waals surface area contributed by atoms with Gasteiger partial charge in [0.15, 0.2) is 5.78 Å². The maximum absolute atomic E-state index is 12.0. The Kier molecular flexibility index (Phi) is 5.11. The molecule has 0 aliphatic rings. The second kappa shape index (κ2) is 6.14. The molecule has 0 amide bonds. The predicted octanol–water partition coefficient (Wildman–Crippen LogP) is 1.49. The fourth-order valence-electron chi connectivity index (χ4n) is 1.51. The number of halogens is 1. The molecule has 4 N–H and O–H groups in total. The van der Waals surface area contributed by atoms with Crippen LogP contribution in [0, 0.1) is 0 Å². The summed E-state index contributed by atoms with van der Waals surface area (Å²) in [4.78, 5) is 14.0. The van der Waals surface area contributed by atoms with E-state index in [9.17, 15) is 4.79 Å². The lowest BCUT2D eigenvalue weighted by atomic mass is 10.0. The van der Waals surface area contributed by atoms with Crippen LogP contribution in [-0.2, 0) is 0 Å². The number of nitrogens with zero attached hydrogens (tertiary/aromatic N) is 1. The molecule has 0 bridgehead atoms. The molecule has 1 atom stereocenters. The van der Waals surface area contributed by atoms with Gasteiger partial charge >= 0.3 is 0 Å². The largest absolute Gasteiger partial charge is 0.398 e. The van der Waals surface area contributed by atoms with Crippen molar-refractivity contribution in [3.8, 4) is 0 Å². The zero-order valence-corrected chi connectivity index (χ0v) is 11.7. The van der Waals surface area contributed by atoms with Crippen molar-refractivity contribution in [1.29, 1.82) is 0 Å². The molecule has 1 aromatic carbocycles. The Morgan fingerprint density at radius 1 is 1.47 bits per heavy atom. The van der Waals surface area contributed by atoms with E-state index in [4.69, 9.17) is 11.5 Å². The Hall–Kier alpha value is -0.910. The van der Waals surface area contributed by atoms with E-state index in [0.29, 0.717) is 24.2 Å². The van der Waals surface area contributed by atoms with Gasteiger partial charge in [0.2, 0.25) is 0 Å². The van der Waals surface area contributed by atoms with Crippen LogP contribution in [0.3, 0.4) is 0 Å². The van der Waals surface area contributed by atoms with E-state index in [1.54, 1.807) is 18.2 Å². The number of carbonyl (C=O) groups is 1. The SMILES string of the molecule is CN(C)C(CN)CC(=O)c1ccc(N)c(Br)c1. The van der Waals surface area contributed by atoms with Crippen LogP contribution < -0.4 is 11.5 Å². The van der Waals surface area contributed by atoms with Gasteiger partial charge in [0.25, 0.3) is 0 Å². The summed E-state index contributed by atoms with van der Waals surface area (Å²) in [6.07, 6.45) is 0.417. The highest BCUT2D eigenvalue weighted by Crippen LogP contribution is 2.21. The summed E-state index contributed by atoms with van der Waals surface area (Å²) in [5, 5.41) is 0. The lowest BCUT2D eigenvalue weighted by molar-refractivity contribution is 0.0946. The molecule has 0 aromatic heterocycles. The van der Waals surface area contributed by atoms with Crippen LogP contribution in [0.15, 0.2) is 22.7 Å². The Labute approximate surface area is 110 Å². The Morgan fingerprint density at radius 2 is 2.12 bits per heavy atom. The number of hydrogen-bond acceptors (Lipinski definition) is 4. The Morgan fingerprint density at radius 3 is 2.59 bits per heavy atom. The quantitative estimate of drug-likeness (QED) is 0.638. The van der Waals surface area contributed by atoms with Gasteiger partial charge < -0.3 is 16.4 Å². The number of ketones is 1. The zero-order valence-electron chi connectivity index (χ0n) is 10.1. The molecule has 4 nitrogen and oxygen atoms in total. The van der Waals surface area contributed by atoms with Crippen molar-refractivity contribution in [3.63, 3.8) is 0 Å². The van der Waals surface area contributed by atoms with Crippen molar-refractivity contribution in [2.75, 3.05) is 26.4 Å². The zero-order chi connectivity index (χ0) is 13.0. The first-order valence-electron chi connectivity index (χ1n) is 5.40. The van der Waals surface area contributed by atoms with Crippen LogP contribution in [0.25, 0.3) is 0 Å². The number of anilines is 1. The summed E-state index contributed by atoms with van der Waals surface area (Å²) in [5.41, 5.74) is 12.6. The number of nitrogens with two attached hydrogens (primary N) is 2. The van der Waals surface area contributed by atoms with E-state index in [-0.39, 0.29) is 11.8 Å². The predicted molar refractivity (Wildman–Crippen MR) is 74.0 cm³/mol. The third-order valence-corrected chi connectivity index (χ3v) is 3.43. The molecule has 0 radical (unpaired) electrons. The second-order valence-electron chi connectivity index (χ2n) is 4.22. The van der Waals surface area contributed by atoms with Crippen LogP contribution in [0.2, 0.25) is 0 Å². The van der Waals surface area contributed by atoms with Gasteiger partial charge in [-0.2, -0.15) is 0 Å². The fraction of sp³-hybridized carbons (Fsp3) is 0.417. The first-order valence-corrected chi connectivity index (χ1v) is 6.19. The Bertz CT molecular complexity index is 407. The molecule has 17 heavy (non-hydrogen) atoms. The highest BCUT2D eigenvalue weighted by molar-refractivity contribution is 9.10. The monoisotopic (exact) mass is 299 g/mol. The average molecular weight is 300 g/mol. The van der Waals surface area contributed by atoms with Gasteiger partial charge in [-0.05, 0) is 48.2 Å². The maximum atomic E-state index is 12.0. The number of rotatable bonds is 5. The molecule has 0 heterocycles. The number of Topliss-reactive ketones (excluding diaryl/α,β-unsaturated/α-hetero) is 1. The molecule has 0 aliphatic heterocycles. The highest BCUT2D eigenvalue weighted by Gasteiger charge is 2.16. The van der Waals surface area contributed by atoms with Gasteiger partial charge in [0.05, 0.1) is 0 Å². The summed E-state index contributed by atoms with van der Waals surface area (Å²) in [6.45, 7) is 0.467. The normalized spacial score (nSPS) is 12.8. The molecular weight excluding hydrogens is 282 g/mol. The van der Waals surface area contributed by atoms with Gasteiger partial charge in [-0.15, -0.1) is 0 Å². The van der Waals surface area contributed by atoms with Crippen LogP contribution in [0.1, 0.15) is 16.8 Å². The number of hydrogen-bond donors (Lipinski definition) is 2. The lowest BCUT2D eigenvalue weighted by Crippen LogP contribution is -2.36. The van der Waals surface area contributed by atoms with E-state index in [1.165, 1.54) is 0 Å². The van der Waals surface area contributed by atoms with Gasteiger partial charge in [0.1, 0.15) is 0 Å². The molecule has 0 spiro atoms. The smallest absolute Gasteiger partial charge is 0.164 e. The van der Waals surface area contributed by atoms with Crippen molar-refractivity contribution in [2.24, 2.45) is 5.73 Å². The minimum Gasteiger partial charge on any atom is -0.398 e. The minimum atomic E-state index is 0.0684. The summed E-state index contributed by atoms with van der Waals surface area (Å²) in [6, 6.07) is 5.29. The number of nitrogen functional groups attached to an aromatic ring is 1. The van der Waals surface area contributed by atoms with Crippen LogP contribution in [0.4, 0.5) is 5.69 Å². The molecule has 0 saturated carbocycles. The second-order valence-corrected chi connectivity index (χ2v) is 5.07. The fourth-order valence-corrected chi connectivity index (χ4v) is 1.89. The van der Waals surface area contributed by atoms with Gasteiger partial charge in [-0.1, -0.05) is 0 Å². The first-order chi connectivity index (χ1) is 7.95. The summed E-state index contributed by atoms with van der Waals surface area (Å²) in [7, 11) is 3.84. The average Bonchev–Trinajstić information content (AvgIpc) is 2.28. The summed E-state index contributed by atoms with van der Waals surface area (Å²) >= 11 is 3.31. The van der Waals surface area contributed by atoms with Crippen molar-refractivity contribution in [1.82, 2.24) is 4.90 Å². The van der Waals surface area contributed by atoms with Crippen molar-refractivity contribution in [2.45, 2.75) is 12.5 Å². The van der Waals surface area contributed by atoms with E-state index in [2.05, 4.69) is 15.9 Å². The van der Waals surface area contributed by atoms with Gasteiger partial charge in [-0.3, -0.25) is 4.79 Å². The van der Waals surface area contributed by atoms with E-state index >= 15 is 0 Å². The molecule has 94 valence electrons. The standard InChI is InChI=1S/C12H18BrN3O/c1-16(2)9(7-14)6-12(17)8-3-4-11(15)10(13)5-8/h3-5,9H,6-7,14-15H2,1-2H3. The van der Waals surface area contributed by atoms with Gasteiger partial charge in [-0.25, -0.2) is 0 Å². The molecule has 0 fully saturated rings. The summed E-state index contributed by atoms with van der Waals surface area (Å²) in [5.74, 6) is 0.0786. The van der Waals surface area contributed by atoms with E-state index < -0.39 is 0 Å². The van der Waals surface area contributed by atoms with Crippen LogP contribution in [0.5, 0.6) is 0 Å². The topological polar surface area (TPSA) is 72.3 Å². The molecular formula is C12H18BrN3O. The van der Waals surface area contributed by atoms with E-state index in [0.717, 1.165) is 4.47 Å². The molecule has 1 aromatic rings. The highest BCUT2D eigenvalue weighted by atomic mass is 79.9. The van der Waals surface area contributed by atoms with Crippen molar-refractivity contribution < 1.29 is 4.79 Å². The number of benzene rings is 1. The van der Waals surface area contributed by atoms with Crippen LogP contribution in [-0.4, -0.2) is 37.4 Å². The number of carbonyl (C=O) groups excluding carboxylic acids is 1. The Balaban J connectivity index is 2.79. The van der Waals surface area contributed by atoms with Crippen molar-refractivity contribution in [3.05, 3.63) is 28.2 Å². The molecule has 5 heteroatoms. The molecule has 1 unspecified atom stereocenters. The van der Waals surface area contributed by atoms with E-state index in [1.807, 2.05) is 19.0 Å². The van der Waals surface area contributed by atoms with Crippen molar-refractivity contribution >= 4 is 27.4 Å². The molecule has 1 rings (SSSR count). The first kappa shape index (κ1) is 14.2. The summed E-state index contributed by atoms with van der Waals surface area (Å²) < 4.78 is 0.748. The minimum absolute atomic E-state index is 0.0684. The maximum Gasteiger partial charge on any atom is 0.164 e. The lowest BCUT2D eigenvalue weighted by Gasteiger charge is -2.21. The van der Waals surface area contributed by atoms with Crippen LogP contribution >= 0.6 is 15.9 Å². The third kappa shape index (κ3) is 3.80. The van der Waals surface area contributed by atoms with Gasteiger partial charge in [0, 0.05) is 34.7 Å².